The van der Waals surface area contributed by atoms with E-state index in [-0.39, 0.29) is 18.0 Å². The summed E-state index contributed by atoms with van der Waals surface area (Å²) in [5.74, 6) is -0.451. The van der Waals surface area contributed by atoms with Crippen molar-refractivity contribution < 1.29 is 13.9 Å². The van der Waals surface area contributed by atoms with E-state index >= 15 is 0 Å². The molecule has 0 saturated carbocycles. The van der Waals surface area contributed by atoms with Crippen LogP contribution in [0.15, 0.2) is 75.2 Å². The average molecular weight is 565 g/mol. The summed E-state index contributed by atoms with van der Waals surface area (Å²) < 4.78 is 20.4. The summed E-state index contributed by atoms with van der Waals surface area (Å²) >= 11 is 12.7. The lowest BCUT2D eigenvalue weighted by Crippen LogP contribution is -2.13. The quantitative estimate of drug-likeness (QED) is 0.256. The second kappa shape index (κ2) is 10.6. The first-order valence-electron chi connectivity index (χ1n) is 8.90. The zero-order valence-electron chi connectivity index (χ0n) is 15.8. The molecular formula is C23H14Br2ClFN2O2. The van der Waals surface area contributed by atoms with Crippen LogP contribution in [0.4, 0.5) is 10.1 Å². The van der Waals surface area contributed by atoms with Gasteiger partial charge in [0.25, 0.3) is 5.91 Å². The molecule has 0 aliphatic heterocycles. The van der Waals surface area contributed by atoms with E-state index in [2.05, 4.69) is 37.2 Å². The number of nitrogens with one attached hydrogen (secondary N) is 1. The summed E-state index contributed by atoms with van der Waals surface area (Å²) in [7, 11) is 0. The van der Waals surface area contributed by atoms with Crippen LogP contribution in [0.3, 0.4) is 0 Å². The van der Waals surface area contributed by atoms with E-state index in [1.807, 2.05) is 6.07 Å². The molecule has 8 heteroatoms. The molecule has 0 spiro atoms. The molecule has 4 nitrogen and oxygen atoms in total. The first-order valence-corrected chi connectivity index (χ1v) is 10.9. The van der Waals surface area contributed by atoms with Crippen LogP contribution in [0.2, 0.25) is 5.02 Å². The van der Waals surface area contributed by atoms with Gasteiger partial charge in [-0.05, 0) is 76.1 Å². The van der Waals surface area contributed by atoms with Crippen molar-refractivity contribution in [3.63, 3.8) is 0 Å². The maximum absolute atomic E-state index is 13.1. The Bertz CT molecular complexity index is 1170. The predicted octanol–water partition coefficient (Wildman–Crippen LogP) is 7.13. The fourth-order valence-corrected chi connectivity index (χ4v) is 4.11. The van der Waals surface area contributed by atoms with Crippen molar-refractivity contribution in [2.24, 2.45) is 0 Å². The van der Waals surface area contributed by atoms with Gasteiger partial charge in [-0.3, -0.25) is 4.79 Å². The Labute approximate surface area is 200 Å². The molecule has 0 aliphatic rings. The molecule has 0 radical (unpaired) electrons. The second-order valence-corrected chi connectivity index (χ2v) is 8.56. The minimum atomic E-state index is -0.564. The summed E-state index contributed by atoms with van der Waals surface area (Å²) in [6.45, 7) is 0.181. The van der Waals surface area contributed by atoms with Crippen LogP contribution in [0, 0.1) is 17.1 Å². The molecular weight excluding hydrogens is 551 g/mol. The molecule has 3 aromatic carbocycles. The summed E-state index contributed by atoms with van der Waals surface area (Å²) in [6, 6.07) is 18.0. The molecule has 0 heterocycles. The van der Waals surface area contributed by atoms with Gasteiger partial charge in [0.1, 0.15) is 29.8 Å². The van der Waals surface area contributed by atoms with Crippen molar-refractivity contribution in [2.75, 3.05) is 5.32 Å². The normalized spacial score (nSPS) is 11.0. The van der Waals surface area contributed by atoms with Crippen LogP contribution in [0.5, 0.6) is 5.75 Å². The van der Waals surface area contributed by atoms with Gasteiger partial charge in [-0.25, -0.2) is 4.39 Å². The van der Waals surface area contributed by atoms with Crippen LogP contribution in [-0.4, -0.2) is 5.91 Å². The van der Waals surface area contributed by atoms with Gasteiger partial charge in [-0.15, -0.1) is 0 Å². The Morgan fingerprint density at radius 3 is 2.45 bits per heavy atom. The second-order valence-electron chi connectivity index (χ2n) is 6.35. The standard InChI is InChI=1S/C23H14Br2ClFN2O2/c24-17-10-15(9-16(12-28)23(30)29-20-7-3-18(26)4-8-20)22(21(25)11-17)31-13-14-1-5-19(27)6-2-14/h1-11H,13H2,(H,29,30)/b16-9+. The molecule has 0 fully saturated rings. The highest BCUT2D eigenvalue weighted by Gasteiger charge is 2.14. The SMILES string of the molecule is N#C/C(=C\c1cc(Br)cc(Br)c1OCc1ccc(F)cc1)C(=O)Nc1ccc(Cl)cc1. The van der Waals surface area contributed by atoms with E-state index < -0.39 is 5.91 Å². The highest BCUT2D eigenvalue weighted by atomic mass is 79.9. The molecule has 1 amide bonds. The van der Waals surface area contributed by atoms with Crippen LogP contribution >= 0.6 is 43.5 Å². The van der Waals surface area contributed by atoms with Gasteiger partial charge in [0.15, 0.2) is 0 Å². The Morgan fingerprint density at radius 1 is 1.13 bits per heavy atom. The highest BCUT2D eigenvalue weighted by Crippen LogP contribution is 2.35. The van der Waals surface area contributed by atoms with Gasteiger partial charge < -0.3 is 10.1 Å². The molecule has 156 valence electrons. The number of benzene rings is 3. The van der Waals surface area contributed by atoms with E-state index in [0.717, 1.165) is 10.0 Å². The Hall–Kier alpha value is -2.66. The van der Waals surface area contributed by atoms with Gasteiger partial charge in [0.05, 0.1) is 4.47 Å². The molecule has 0 bridgehead atoms. The predicted molar refractivity (Wildman–Crippen MR) is 126 cm³/mol. The first kappa shape index (κ1) is 23.0. The molecule has 3 aromatic rings. The number of rotatable bonds is 6. The lowest BCUT2D eigenvalue weighted by molar-refractivity contribution is -0.112. The topological polar surface area (TPSA) is 62.1 Å². The average Bonchev–Trinajstić information content (AvgIpc) is 2.74. The smallest absolute Gasteiger partial charge is 0.266 e. The molecule has 31 heavy (non-hydrogen) atoms. The maximum Gasteiger partial charge on any atom is 0.266 e. The summed E-state index contributed by atoms with van der Waals surface area (Å²) in [4.78, 5) is 12.6. The van der Waals surface area contributed by atoms with Crippen molar-refractivity contribution in [1.82, 2.24) is 0 Å². The Balaban J connectivity index is 1.87. The fraction of sp³-hybridized carbons (Fsp3) is 0.0435. The number of anilines is 1. The number of hydrogen-bond donors (Lipinski definition) is 1. The number of nitriles is 1. The number of carbonyl (C=O) groups is 1. The largest absolute Gasteiger partial charge is 0.487 e. The van der Waals surface area contributed by atoms with Crippen LogP contribution < -0.4 is 10.1 Å². The molecule has 0 unspecified atom stereocenters. The lowest BCUT2D eigenvalue weighted by Gasteiger charge is -2.13. The van der Waals surface area contributed by atoms with Crippen molar-refractivity contribution in [1.29, 1.82) is 5.26 Å². The number of amides is 1. The van der Waals surface area contributed by atoms with E-state index in [0.29, 0.717) is 26.5 Å². The number of nitrogens with zero attached hydrogens (tertiary/aromatic N) is 1. The minimum absolute atomic E-state index is 0.105. The summed E-state index contributed by atoms with van der Waals surface area (Å²) in [6.07, 6.45) is 1.45. The van der Waals surface area contributed by atoms with Crippen molar-refractivity contribution >= 4 is 61.1 Å². The minimum Gasteiger partial charge on any atom is -0.487 e. The van der Waals surface area contributed by atoms with Crippen molar-refractivity contribution in [3.05, 3.63) is 97.1 Å². The van der Waals surface area contributed by atoms with Gasteiger partial charge >= 0.3 is 0 Å². The summed E-state index contributed by atoms with van der Waals surface area (Å²) in [5.41, 5.74) is 1.70. The fourth-order valence-electron chi connectivity index (χ4n) is 2.61. The molecule has 0 atom stereocenters. The third kappa shape index (κ3) is 6.41. The van der Waals surface area contributed by atoms with Gasteiger partial charge in [0, 0.05) is 20.7 Å². The van der Waals surface area contributed by atoms with Gasteiger partial charge in [-0.2, -0.15) is 5.26 Å². The zero-order chi connectivity index (χ0) is 22.4. The number of ether oxygens (including phenoxy) is 1. The zero-order valence-corrected chi connectivity index (χ0v) is 19.8. The monoisotopic (exact) mass is 562 g/mol. The molecule has 0 aromatic heterocycles. The molecule has 0 saturated heterocycles. The Kier molecular flexibility index (Phi) is 7.85. The van der Waals surface area contributed by atoms with E-state index in [9.17, 15) is 14.4 Å². The molecule has 1 N–H and O–H groups in total. The van der Waals surface area contributed by atoms with Gasteiger partial charge in [0.2, 0.25) is 0 Å². The lowest BCUT2D eigenvalue weighted by atomic mass is 10.1. The van der Waals surface area contributed by atoms with E-state index in [1.165, 1.54) is 18.2 Å². The maximum atomic E-state index is 13.1. The van der Waals surface area contributed by atoms with Crippen LogP contribution in [0.1, 0.15) is 11.1 Å². The third-order valence-electron chi connectivity index (χ3n) is 4.10. The van der Waals surface area contributed by atoms with Crippen molar-refractivity contribution in [2.45, 2.75) is 6.61 Å². The highest BCUT2D eigenvalue weighted by molar-refractivity contribution is 9.11. The molecule has 3 rings (SSSR count). The number of halogens is 4. The van der Waals surface area contributed by atoms with E-state index in [1.54, 1.807) is 48.5 Å². The number of carbonyl (C=O) groups excluding carboxylic acids is 1. The van der Waals surface area contributed by atoms with Crippen LogP contribution in [0.25, 0.3) is 6.08 Å². The van der Waals surface area contributed by atoms with Gasteiger partial charge in [-0.1, -0.05) is 39.7 Å². The third-order valence-corrected chi connectivity index (χ3v) is 5.40. The molecule has 0 aliphatic carbocycles. The van der Waals surface area contributed by atoms with E-state index in [4.69, 9.17) is 16.3 Å². The van der Waals surface area contributed by atoms with Crippen molar-refractivity contribution in [3.8, 4) is 11.8 Å². The summed E-state index contributed by atoms with van der Waals surface area (Å²) in [5, 5.41) is 12.7. The number of hydrogen-bond acceptors (Lipinski definition) is 3. The first-order chi connectivity index (χ1) is 14.9. The van der Waals surface area contributed by atoms with Crippen LogP contribution in [-0.2, 0) is 11.4 Å². The Morgan fingerprint density at radius 2 is 1.81 bits per heavy atom.